The topological polar surface area (TPSA) is 71.8 Å². The zero-order chi connectivity index (χ0) is 15.1. The molecule has 0 fully saturated rings. The number of para-hydroxylation sites is 1. The number of carbonyl (C=O) groups excluding carboxylic acids is 1. The van der Waals surface area contributed by atoms with E-state index in [2.05, 4.69) is 50.5 Å². The Labute approximate surface area is 137 Å². The van der Waals surface area contributed by atoms with Crippen LogP contribution in [-0.2, 0) is 17.9 Å². The first-order chi connectivity index (χ1) is 10.2. The number of hydrogen-bond donors (Lipinski definition) is 2. The summed E-state index contributed by atoms with van der Waals surface area (Å²) < 4.78 is 2.56. The summed E-state index contributed by atoms with van der Waals surface area (Å²) in [5.41, 5.74) is 1.65. The van der Waals surface area contributed by atoms with Crippen molar-refractivity contribution in [3.05, 3.63) is 39.7 Å². The van der Waals surface area contributed by atoms with E-state index in [0.29, 0.717) is 6.54 Å². The Morgan fingerprint density at radius 2 is 2.19 bits per heavy atom. The van der Waals surface area contributed by atoms with Crippen molar-refractivity contribution >= 4 is 34.2 Å². The highest BCUT2D eigenvalue weighted by Gasteiger charge is 2.08. The van der Waals surface area contributed by atoms with E-state index in [9.17, 15) is 4.79 Å². The van der Waals surface area contributed by atoms with Gasteiger partial charge in [0.1, 0.15) is 6.54 Å². The average Bonchev–Trinajstić information content (AvgIpc) is 2.89. The molecule has 1 aromatic heterocycles. The number of anilines is 1. The van der Waals surface area contributed by atoms with Crippen LogP contribution in [0.15, 0.2) is 30.5 Å². The van der Waals surface area contributed by atoms with Crippen LogP contribution in [0.25, 0.3) is 0 Å². The summed E-state index contributed by atoms with van der Waals surface area (Å²) in [6.07, 6.45) is 2.87. The summed E-state index contributed by atoms with van der Waals surface area (Å²) >= 11 is 2.19. The molecule has 2 N–H and O–H groups in total. The molecule has 0 atom stereocenters. The van der Waals surface area contributed by atoms with Gasteiger partial charge in [-0.2, -0.15) is 0 Å². The Balaban J connectivity index is 1.87. The number of amides is 1. The van der Waals surface area contributed by atoms with Gasteiger partial charge in [-0.15, -0.1) is 5.10 Å². The van der Waals surface area contributed by atoms with Gasteiger partial charge in [-0.25, -0.2) is 4.68 Å². The molecule has 1 aromatic carbocycles. The van der Waals surface area contributed by atoms with Gasteiger partial charge in [0.2, 0.25) is 5.91 Å². The van der Waals surface area contributed by atoms with Crippen LogP contribution in [-0.4, -0.2) is 27.4 Å². The molecule has 0 saturated carbocycles. The second-order valence-electron chi connectivity index (χ2n) is 4.61. The van der Waals surface area contributed by atoms with Crippen LogP contribution in [0.1, 0.15) is 19.0 Å². The highest BCUT2D eigenvalue weighted by atomic mass is 127. The van der Waals surface area contributed by atoms with E-state index in [-0.39, 0.29) is 12.5 Å². The van der Waals surface area contributed by atoms with Gasteiger partial charge in [-0.05, 0) is 47.7 Å². The lowest BCUT2D eigenvalue weighted by molar-refractivity contribution is -0.116. The molecule has 0 spiro atoms. The lowest BCUT2D eigenvalue weighted by atomic mass is 10.3. The smallest absolute Gasteiger partial charge is 0.246 e. The fourth-order valence-corrected chi connectivity index (χ4v) is 2.31. The molecule has 6 nitrogen and oxygen atoms in total. The number of halogens is 1. The predicted molar refractivity (Wildman–Crippen MR) is 89.8 cm³/mol. The van der Waals surface area contributed by atoms with Gasteiger partial charge < -0.3 is 10.6 Å². The van der Waals surface area contributed by atoms with Crippen LogP contribution in [0.5, 0.6) is 0 Å². The highest BCUT2D eigenvalue weighted by Crippen LogP contribution is 2.16. The number of benzene rings is 1. The molecule has 7 heteroatoms. The zero-order valence-electron chi connectivity index (χ0n) is 11.8. The monoisotopic (exact) mass is 399 g/mol. The molecule has 0 unspecified atom stereocenters. The van der Waals surface area contributed by atoms with Crippen molar-refractivity contribution in [3.8, 4) is 0 Å². The normalized spacial score (nSPS) is 10.6. The maximum Gasteiger partial charge on any atom is 0.246 e. The van der Waals surface area contributed by atoms with Gasteiger partial charge in [0.25, 0.3) is 0 Å². The summed E-state index contributed by atoms with van der Waals surface area (Å²) in [6, 6.07) is 7.65. The van der Waals surface area contributed by atoms with Crippen LogP contribution in [0.2, 0.25) is 0 Å². The quantitative estimate of drug-likeness (QED) is 0.552. The second kappa shape index (κ2) is 8.08. The third kappa shape index (κ3) is 5.09. The SMILES string of the molecule is CCCNCc1cn(CC(=O)Nc2ccccc2I)nn1. The number of rotatable bonds is 7. The van der Waals surface area contributed by atoms with Crippen molar-refractivity contribution in [2.24, 2.45) is 0 Å². The molecule has 21 heavy (non-hydrogen) atoms. The van der Waals surface area contributed by atoms with Crippen molar-refractivity contribution in [1.82, 2.24) is 20.3 Å². The first kappa shape index (κ1) is 15.9. The minimum atomic E-state index is -0.114. The zero-order valence-corrected chi connectivity index (χ0v) is 14.0. The van der Waals surface area contributed by atoms with Crippen molar-refractivity contribution < 1.29 is 4.79 Å². The third-order valence-electron chi connectivity index (χ3n) is 2.77. The fourth-order valence-electron chi connectivity index (χ4n) is 1.79. The van der Waals surface area contributed by atoms with Crippen molar-refractivity contribution in [2.45, 2.75) is 26.4 Å². The van der Waals surface area contributed by atoms with E-state index in [1.807, 2.05) is 24.3 Å². The summed E-state index contributed by atoms with van der Waals surface area (Å²) in [7, 11) is 0. The van der Waals surface area contributed by atoms with E-state index in [1.54, 1.807) is 10.9 Å². The van der Waals surface area contributed by atoms with Crippen LogP contribution >= 0.6 is 22.6 Å². The molecule has 2 aromatic rings. The van der Waals surface area contributed by atoms with Crippen molar-refractivity contribution in [1.29, 1.82) is 0 Å². The molecule has 0 radical (unpaired) electrons. The molecule has 0 aliphatic rings. The fraction of sp³-hybridized carbons (Fsp3) is 0.357. The van der Waals surface area contributed by atoms with Gasteiger partial charge in [-0.3, -0.25) is 4.79 Å². The number of aromatic nitrogens is 3. The molecule has 0 saturated heterocycles. The van der Waals surface area contributed by atoms with Crippen LogP contribution in [0.4, 0.5) is 5.69 Å². The number of nitrogens with one attached hydrogen (secondary N) is 2. The Bertz CT molecular complexity index is 599. The third-order valence-corrected chi connectivity index (χ3v) is 3.71. The Morgan fingerprint density at radius 1 is 1.38 bits per heavy atom. The molecular formula is C14H18IN5O. The molecule has 112 valence electrons. The number of carbonyl (C=O) groups is 1. The van der Waals surface area contributed by atoms with Crippen LogP contribution in [0.3, 0.4) is 0 Å². The summed E-state index contributed by atoms with van der Waals surface area (Å²) in [6.45, 7) is 3.89. The van der Waals surface area contributed by atoms with Crippen molar-refractivity contribution in [2.75, 3.05) is 11.9 Å². The van der Waals surface area contributed by atoms with E-state index in [4.69, 9.17) is 0 Å². The van der Waals surface area contributed by atoms with E-state index >= 15 is 0 Å². The summed E-state index contributed by atoms with van der Waals surface area (Å²) in [5.74, 6) is -0.114. The second-order valence-corrected chi connectivity index (χ2v) is 5.77. The first-order valence-electron chi connectivity index (χ1n) is 6.83. The van der Waals surface area contributed by atoms with E-state index < -0.39 is 0 Å². The first-order valence-corrected chi connectivity index (χ1v) is 7.91. The summed E-state index contributed by atoms with van der Waals surface area (Å²) in [5, 5.41) is 14.1. The van der Waals surface area contributed by atoms with Gasteiger partial charge in [0.05, 0.1) is 17.6 Å². The maximum atomic E-state index is 12.0. The molecule has 1 heterocycles. The molecule has 2 rings (SSSR count). The minimum absolute atomic E-state index is 0.114. The molecule has 0 aliphatic carbocycles. The molecule has 0 aliphatic heterocycles. The average molecular weight is 399 g/mol. The lowest BCUT2D eigenvalue weighted by Crippen LogP contribution is -2.19. The van der Waals surface area contributed by atoms with Gasteiger partial charge in [0.15, 0.2) is 0 Å². The predicted octanol–water partition coefficient (Wildman–Crippen LogP) is 2.02. The molecular weight excluding hydrogens is 381 g/mol. The minimum Gasteiger partial charge on any atom is -0.324 e. The van der Waals surface area contributed by atoms with Crippen LogP contribution < -0.4 is 10.6 Å². The highest BCUT2D eigenvalue weighted by molar-refractivity contribution is 14.1. The van der Waals surface area contributed by atoms with Crippen LogP contribution in [0, 0.1) is 3.57 Å². The maximum absolute atomic E-state index is 12.0. The van der Waals surface area contributed by atoms with E-state index in [1.165, 1.54) is 0 Å². The lowest BCUT2D eigenvalue weighted by Gasteiger charge is -2.06. The van der Waals surface area contributed by atoms with Gasteiger partial charge in [0, 0.05) is 10.1 Å². The van der Waals surface area contributed by atoms with Gasteiger partial charge >= 0.3 is 0 Å². The molecule has 0 bridgehead atoms. The molecule has 1 amide bonds. The Hall–Kier alpha value is -1.48. The summed E-state index contributed by atoms with van der Waals surface area (Å²) in [4.78, 5) is 12.0. The van der Waals surface area contributed by atoms with E-state index in [0.717, 1.165) is 27.9 Å². The Morgan fingerprint density at radius 3 is 2.95 bits per heavy atom. The largest absolute Gasteiger partial charge is 0.324 e. The van der Waals surface area contributed by atoms with Gasteiger partial charge in [-0.1, -0.05) is 24.3 Å². The number of hydrogen-bond acceptors (Lipinski definition) is 4. The Kier molecular flexibility index (Phi) is 6.12. The standard InChI is InChI=1S/C14H18IN5O/c1-2-7-16-8-11-9-20(19-18-11)10-14(21)17-13-6-4-3-5-12(13)15/h3-6,9,16H,2,7-8,10H2,1H3,(H,17,21). The number of nitrogens with zero attached hydrogens (tertiary/aromatic N) is 3. The van der Waals surface area contributed by atoms with Crippen molar-refractivity contribution in [3.63, 3.8) is 0 Å².